The highest BCUT2D eigenvalue weighted by molar-refractivity contribution is 9.10. The molecule has 1 aromatic carbocycles. The average Bonchev–Trinajstić information content (AvgIpc) is 2.52. The molecule has 0 aliphatic carbocycles. The molecule has 0 spiro atoms. The van der Waals surface area contributed by atoms with Gasteiger partial charge in [-0.2, -0.15) is 0 Å². The molecule has 1 atom stereocenters. The summed E-state index contributed by atoms with van der Waals surface area (Å²) in [6, 6.07) is 8.16. The number of nitrogens with one attached hydrogen (secondary N) is 1. The summed E-state index contributed by atoms with van der Waals surface area (Å²) in [5, 5.41) is 2.92. The summed E-state index contributed by atoms with van der Waals surface area (Å²) < 4.78 is 6.44. The highest BCUT2D eigenvalue weighted by Crippen LogP contribution is 2.16. The Kier molecular flexibility index (Phi) is 7.19. The molecule has 1 fully saturated rings. The third-order valence-corrected chi connectivity index (χ3v) is 4.60. The molecule has 1 aromatic rings. The van der Waals surface area contributed by atoms with E-state index in [4.69, 9.17) is 4.74 Å². The zero-order chi connectivity index (χ0) is 15.8. The lowest BCUT2D eigenvalue weighted by atomic mass is 10.0. The SMILES string of the molecule is C[C@H]1CCCCN1CCCNC(=O)COc1ccc(Br)cc1. The van der Waals surface area contributed by atoms with Crippen molar-refractivity contribution in [3.05, 3.63) is 28.7 Å². The van der Waals surface area contributed by atoms with E-state index in [-0.39, 0.29) is 12.5 Å². The van der Waals surface area contributed by atoms with E-state index in [0.717, 1.165) is 17.4 Å². The zero-order valence-corrected chi connectivity index (χ0v) is 14.8. The van der Waals surface area contributed by atoms with Crippen LogP contribution in [0.4, 0.5) is 0 Å². The lowest BCUT2D eigenvalue weighted by molar-refractivity contribution is -0.123. The van der Waals surface area contributed by atoms with Gasteiger partial charge in [-0.25, -0.2) is 0 Å². The van der Waals surface area contributed by atoms with Gasteiger partial charge in [0.25, 0.3) is 5.91 Å². The molecule has 1 aliphatic rings. The van der Waals surface area contributed by atoms with Gasteiger partial charge in [-0.05, 0) is 57.0 Å². The van der Waals surface area contributed by atoms with Crippen molar-refractivity contribution in [1.82, 2.24) is 10.2 Å². The lowest BCUT2D eigenvalue weighted by Gasteiger charge is -2.33. The second-order valence-electron chi connectivity index (χ2n) is 5.83. The molecule has 0 bridgehead atoms. The van der Waals surface area contributed by atoms with Crippen molar-refractivity contribution in [1.29, 1.82) is 0 Å². The molecule has 0 saturated carbocycles. The first kappa shape index (κ1) is 17.3. The molecular formula is C17H25BrN2O2. The molecule has 0 radical (unpaired) electrons. The number of hydrogen-bond donors (Lipinski definition) is 1. The number of benzene rings is 1. The normalized spacial score (nSPS) is 18.9. The monoisotopic (exact) mass is 368 g/mol. The Balaban J connectivity index is 1.56. The van der Waals surface area contributed by atoms with E-state index in [1.54, 1.807) is 0 Å². The van der Waals surface area contributed by atoms with Crippen LogP contribution in [0.3, 0.4) is 0 Å². The largest absolute Gasteiger partial charge is 0.484 e. The van der Waals surface area contributed by atoms with Gasteiger partial charge in [0, 0.05) is 23.6 Å². The first-order valence-electron chi connectivity index (χ1n) is 8.04. The second-order valence-corrected chi connectivity index (χ2v) is 6.74. The van der Waals surface area contributed by atoms with E-state index in [1.807, 2.05) is 24.3 Å². The molecule has 1 heterocycles. The van der Waals surface area contributed by atoms with Gasteiger partial charge in [-0.3, -0.25) is 4.79 Å². The minimum atomic E-state index is -0.0605. The van der Waals surface area contributed by atoms with Gasteiger partial charge in [0.05, 0.1) is 0 Å². The fourth-order valence-electron chi connectivity index (χ4n) is 2.73. The topological polar surface area (TPSA) is 41.6 Å². The molecule has 4 nitrogen and oxygen atoms in total. The summed E-state index contributed by atoms with van der Waals surface area (Å²) in [4.78, 5) is 14.3. The fourth-order valence-corrected chi connectivity index (χ4v) is 2.99. The fraction of sp³-hybridized carbons (Fsp3) is 0.588. The first-order chi connectivity index (χ1) is 10.6. The van der Waals surface area contributed by atoms with E-state index >= 15 is 0 Å². The van der Waals surface area contributed by atoms with E-state index in [2.05, 4.69) is 33.1 Å². The molecule has 1 saturated heterocycles. The summed E-state index contributed by atoms with van der Waals surface area (Å²) in [7, 11) is 0. The molecular weight excluding hydrogens is 344 g/mol. The van der Waals surface area contributed by atoms with Crippen LogP contribution in [0.25, 0.3) is 0 Å². The Morgan fingerprint density at radius 1 is 1.36 bits per heavy atom. The van der Waals surface area contributed by atoms with Crippen LogP contribution in [-0.2, 0) is 4.79 Å². The van der Waals surface area contributed by atoms with Gasteiger partial charge >= 0.3 is 0 Å². The quantitative estimate of drug-likeness (QED) is 0.751. The van der Waals surface area contributed by atoms with Gasteiger partial charge in [0.1, 0.15) is 5.75 Å². The second kappa shape index (κ2) is 9.16. The van der Waals surface area contributed by atoms with Gasteiger partial charge in [0.15, 0.2) is 6.61 Å². The Bertz CT molecular complexity index is 464. The van der Waals surface area contributed by atoms with E-state index in [9.17, 15) is 4.79 Å². The first-order valence-corrected chi connectivity index (χ1v) is 8.83. The van der Waals surface area contributed by atoms with Crippen molar-refractivity contribution in [2.45, 2.75) is 38.6 Å². The zero-order valence-electron chi connectivity index (χ0n) is 13.2. The number of ether oxygens (including phenoxy) is 1. The molecule has 2 rings (SSSR count). The molecule has 0 aromatic heterocycles. The highest BCUT2D eigenvalue weighted by Gasteiger charge is 2.17. The van der Waals surface area contributed by atoms with Crippen LogP contribution in [-0.4, -0.2) is 43.1 Å². The molecule has 122 valence electrons. The van der Waals surface area contributed by atoms with Crippen LogP contribution in [0.5, 0.6) is 5.75 Å². The molecule has 5 heteroatoms. The number of likely N-dealkylation sites (tertiary alicyclic amines) is 1. The van der Waals surface area contributed by atoms with Gasteiger partial charge in [-0.15, -0.1) is 0 Å². The van der Waals surface area contributed by atoms with E-state index in [0.29, 0.717) is 18.3 Å². The van der Waals surface area contributed by atoms with Crippen LogP contribution in [0.2, 0.25) is 0 Å². The third kappa shape index (κ3) is 5.97. The van der Waals surface area contributed by atoms with Crippen LogP contribution in [0.15, 0.2) is 28.7 Å². The summed E-state index contributed by atoms with van der Waals surface area (Å²) in [5.74, 6) is 0.648. The minimum absolute atomic E-state index is 0.0605. The van der Waals surface area contributed by atoms with Crippen LogP contribution in [0.1, 0.15) is 32.6 Å². The maximum absolute atomic E-state index is 11.7. The number of carbonyl (C=O) groups excluding carboxylic acids is 1. The minimum Gasteiger partial charge on any atom is -0.484 e. The standard InChI is InChI=1S/C17H25BrN2O2/c1-14-5-2-3-11-20(14)12-4-10-19-17(21)13-22-16-8-6-15(18)7-9-16/h6-9,14H,2-5,10-13H2,1H3,(H,19,21)/t14-/m0/s1. The smallest absolute Gasteiger partial charge is 0.257 e. The third-order valence-electron chi connectivity index (χ3n) is 4.07. The highest BCUT2D eigenvalue weighted by atomic mass is 79.9. The van der Waals surface area contributed by atoms with Gasteiger partial charge < -0.3 is 15.0 Å². The van der Waals surface area contributed by atoms with Gasteiger partial charge in [0.2, 0.25) is 0 Å². The van der Waals surface area contributed by atoms with E-state index in [1.165, 1.54) is 25.8 Å². The Hall–Kier alpha value is -1.07. The van der Waals surface area contributed by atoms with Crippen LogP contribution >= 0.6 is 15.9 Å². The molecule has 22 heavy (non-hydrogen) atoms. The van der Waals surface area contributed by atoms with Crippen molar-refractivity contribution in [2.75, 3.05) is 26.2 Å². The molecule has 1 N–H and O–H groups in total. The average molecular weight is 369 g/mol. The Morgan fingerprint density at radius 2 is 2.14 bits per heavy atom. The Labute approximate surface area is 141 Å². The number of piperidine rings is 1. The number of carbonyl (C=O) groups is 1. The Morgan fingerprint density at radius 3 is 2.86 bits per heavy atom. The van der Waals surface area contributed by atoms with Gasteiger partial charge in [-0.1, -0.05) is 22.4 Å². The summed E-state index contributed by atoms with van der Waals surface area (Å²) in [6.07, 6.45) is 4.95. The number of nitrogens with zero attached hydrogens (tertiary/aromatic N) is 1. The lowest BCUT2D eigenvalue weighted by Crippen LogP contribution is -2.39. The van der Waals surface area contributed by atoms with Crippen molar-refractivity contribution >= 4 is 21.8 Å². The van der Waals surface area contributed by atoms with Crippen molar-refractivity contribution in [3.8, 4) is 5.75 Å². The van der Waals surface area contributed by atoms with E-state index < -0.39 is 0 Å². The molecule has 1 amide bonds. The number of amides is 1. The maximum Gasteiger partial charge on any atom is 0.257 e. The summed E-state index contributed by atoms with van der Waals surface area (Å²) in [5.41, 5.74) is 0. The van der Waals surface area contributed by atoms with Crippen molar-refractivity contribution < 1.29 is 9.53 Å². The maximum atomic E-state index is 11.7. The predicted octanol–water partition coefficient (Wildman–Crippen LogP) is 3.21. The van der Waals surface area contributed by atoms with Crippen LogP contribution < -0.4 is 10.1 Å². The summed E-state index contributed by atoms with van der Waals surface area (Å²) >= 11 is 3.37. The van der Waals surface area contributed by atoms with Crippen molar-refractivity contribution in [2.24, 2.45) is 0 Å². The summed E-state index contributed by atoms with van der Waals surface area (Å²) in [6.45, 7) is 5.34. The number of rotatable bonds is 7. The number of hydrogen-bond acceptors (Lipinski definition) is 3. The van der Waals surface area contributed by atoms with Crippen molar-refractivity contribution in [3.63, 3.8) is 0 Å². The predicted molar refractivity (Wildman–Crippen MR) is 92.1 cm³/mol. The van der Waals surface area contributed by atoms with Crippen LogP contribution in [0, 0.1) is 0 Å². The molecule has 0 unspecified atom stereocenters. The number of halogens is 1. The molecule has 1 aliphatic heterocycles.